The Kier molecular flexibility index (Phi) is 4.30. The van der Waals surface area contributed by atoms with Crippen molar-refractivity contribution >= 4 is 16.7 Å². The standard InChI is InChI=1S/C20H21NO2/c1-3-15-8-10-16(11-9-15)20(23)19-14(2)21(12-13-22)18-7-5-4-6-17(18)19/h4-11,22H,3,12-13H2,1-2H3. The topological polar surface area (TPSA) is 42.2 Å². The van der Waals surface area contributed by atoms with Crippen molar-refractivity contribution in [3.05, 3.63) is 70.9 Å². The first-order chi connectivity index (χ1) is 11.2. The molecule has 3 nitrogen and oxygen atoms in total. The van der Waals surface area contributed by atoms with E-state index in [0.717, 1.165) is 28.6 Å². The van der Waals surface area contributed by atoms with E-state index < -0.39 is 0 Å². The number of para-hydroxylation sites is 1. The molecule has 0 saturated heterocycles. The van der Waals surface area contributed by atoms with Gasteiger partial charge in [0.15, 0.2) is 5.78 Å². The predicted octanol–water partition coefficient (Wildman–Crippen LogP) is 3.74. The number of aryl methyl sites for hydroxylation is 1. The van der Waals surface area contributed by atoms with E-state index in [1.807, 2.05) is 60.0 Å². The third-order valence-electron chi connectivity index (χ3n) is 4.41. The van der Waals surface area contributed by atoms with Crippen LogP contribution < -0.4 is 0 Å². The fraction of sp³-hybridized carbons (Fsp3) is 0.250. The molecular weight excluding hydrogens is 286 g/mol. The van der Waals surface area contributed by atoms with Crippen molar-refractivity contribution in [2.45, 2.75) is 26.8 Å². The number of aromatic nitrogens is 1. The van der Waals surface area contributed by atoms with Crippen molar-refractivity contribution in [2.75, 3.05) is 6.61 Å². The second-order valence-electron chi connectivity index (χ2n) is 5.73. The number of aliphatic hydroxyl groups excluding tert-OH is 1. The van der Waals surface area contributed by atoms with Gasteiger partial charge >= 0.3 is 0 Å². The van der Waals surface area contributed by atoms with E-state index >= 15 is 0 Å². The number of hydrogen-bond donors (Lipinski definition) is 1. The maximum absolute atomic E-state index is 13.0. The molecule has 3 rings (SSSR count). The third-order valence-corrected chi connectivity index (χ3v) is 4.41. The highest BCUT2D eigenvalue weighted by Crippen LogP contribution is 2.28. The molecular formula is C20H21NO2. The molecule has 3 aromatic rings. The number of rotatable bonds is 5. The third kappa shape index (κ3) is 2.68. The summed E-state index contributed by atoms with van der Waals surface area (Å²) in [5.74, 6) is 0.0399. The largest absolute Gasteiger partial charge is 0.395 e. The molecule has 0 aliphatic rings. The number of aliphatic hydroxyl groups is 1. The molecule has 0 spiro atoms. The van der Waals surface area contributed by atoms with E-state index in [9.17, 15) is 9.90 Å². The summed E-state index contributed by atoms with van der Waals surface area (Å²) in [6.07, 6.45) is 0.962. The molecule has 2 aromatic carbocycles. The van der Waals surface area contributed by atoms with Crippen LogP contribution in [0.2, 0.25) is 0 Å². The minimum Gasteiger partial charge on any atom is -0.395 e. The number of carbonyl (C=O) groups excluding carboxylic acids is 1. The van der Waals surface area contributed by atoms with Gasteiger partial charge in [-0.1, -0.05) is 49.4 Å². The summed E-state index contributed by atoms with van der Waals surface area (Å²) < 4.78 is 2.02. The van der Waals surface area contributed by atoms with Gasteiger partial charge < -0.3 is 9.67 Å². The fourth-order valence-corrected chi connectivity index (χ4v) is 3.14. The van der Waals surface area contributed by atoms with Gasteiger partial charge in [0.1, 0.15) is 0 Å². The van der Waals surface area contributed by atoms with E-state index in [1.54, 1.807) is 0 Å². The molecule has 1 aromatic heterocycles. The van der Waals surface area contributed by atoms with Gasteiger partial charge in [-0.2, -0.15) is 0 Å². The van der Waals surface area contributed by atoms with Gasteiger partial charge in [0.05, 0.1) is 12.2 Å². The quantitative estimate of drug-likeness (QED) is 0.730. The maximum atomic E-state index is 13.0. The summed E-state index contributed by atoms with van der Waals surface area (Å²) in [7, 11) is 0. The SMILES string of the molecule is CCc1ccc(C(=O)c2c(C)n(CCO)c3ccccc23)cc1. The lowest BCUT2D eigenvalue weighted by molar-refractivity contribution is 0.103. The Bertz CT molecular complexity index is 844. The number of benzene rings is 2. The van der Waals surface area contributed by atoms with Crippen LogP contribution in [0.5, 0.6) is 0 Å². The molecule has 0 fully saturated rings. The lowest BCUT2D eigenvalue weighted by Gasteiger charge is -2.06. The number of nitrogens with zero attached hydrogens (tertiary/aromatic N) is 1. The van der Waals surface area contributed by atoms with Gasteiger partial charge in [0, 0.05) is 28.7 Å². The molecule has 0 aliphatic heterocycles. The van der Waals surface area contributed by atoms with E-state index in [1.165, 1.54) is 5.56 Å². The molecule has 1 N–H and O–H groups in total. The Balaban J connectivity index is 2.14. The molecule has 3 heteroatoms. The van der Waals surface area contributed by atoms with E-state index in [0.29, 0.717) is 12.1 Å². The highest BCUT2D eigenvalue weighted by molar-refractivity contribution is 6.17. The zero-order valence-corrected chi connectivity index (χ0v) is 13.5. The summed E-state index contributed by atoms with van der Waals surface area (Å²) in [5, 5.41) is 10.3. The van der Waals surface area contributed by atoms with Crippen molar-refractivity contribution in [3.8, 4) is 0 Å². The number of fused-ring (bicyclic) bond motifs is 1. The molecule has 0 saturated carbocycles. The van der Waals surface area contributed by atoms with Gasteiger partial charge in [-0.05, 0) is 25.0 Å². The Morgan fingerprint density at radius 1 is 1.09 bits per heavy atom. The van der Waals surface area contributed by atoms with Gasteiger partial charge in [0.25, 0.3) is 0 Å². The number of ketones is 1. The Labute approximate surface area is 136 Å². The Morgan fingerprint density at radius 3 is 2.43 bits per heavy atom. The molecule has 23 heavy (non-hydrogen) atoms. The van der Waals surface area contributed by atoms with Crippen LogP contribution in [0, 0.1) is 6.92 Å². The molecule has 118 valence electrons. The first-order valence-electron chi connectivity index (χ1n) is 7.99. The van der Waals surface area contributed by atoms with Gasteiger partial charge in [-0.15, -0.1) is 0 Å². The fourth-order valence-electron chi connectivity index (χ4n) is 3.14. The summed E-state index contributed by atoms with van der Waals surface area (Å²) in [6, 6.07) is 15.7. The molecule has 0 atom stereocenters. The monoisotopic (exact) mass is 307 g/mol. The zero-order chi connectivity index (χ0) is 16.4. The van der Waals surface area contributed by atoms with Crippen molar-refractivity contribution in [3.63, 3.8) is 0 Å². The minimum atomic E-state index is 0.0399. The van der Waals surface area contributed by atoms with Gasteiger partial charge in [-0.3, -0.25) is 4.79 Å². The first-order valence-corrected chi connectivity index (χ1v) is 7.99. The van der Waals surface area contributed by atoms with Crippen LogP contribution >= 0.6 is 0 Å². The molecule has 0 amide bonds. The normalized spacial score (nSPS) is 11.1. The van der Waals surface area contributed by atoms with Crippen LogP contribution in [0.25, 0.3) is 10.9 Å². The van der Waals surface area contributed by atoms with Crippen LogP contribution in [0.1, 0.15) is 34.1 Å². The second kappa shape index (κ2) is 6.39. The van der Waals surface area contributed by atoms with Crippen molar-refractivity contribution in [2.24, 2.45) is 0 Å². The number of hydrogen-bond acceptors (Lipinski definition) is 2. The molecule has 0 unspecified atom stereocenters. The Hall–Kier alpha value is -2.39. The van der Waals surface area contributed by atoms with Crippen LogP contribution in [0.4, 0.5) is 0 Å². The molecule has 0 bridgehead atoms. The average Bonchev–Trinajstić information content (AvgIpc) is 2.87. The lowest BCUT2D eigenvalue weighted by Crippen LogP contribution is -2.07. The second-order valence-corrected chi connectivity index (χ2v) is 5.73. The smallest absolute Gasteiger partial charge is 0.195 e. The molecule has 0 aliphatic carbocycles. The average molecular weight is 307 g/mol. The highest BCUT2D eigenvalue weighted by atomic mass is 16.3. The molecule has 0 radical (unpaired) electrons. The van der Waals surface area contributed by atoms with Crippen molar-refractivity contribution in [1.29, 1.82) is 0 Å². The lowest BCUT2D eigenvalue weighted by atomic mass is 9.99. The first kappa shape index (κ1) is 15.5. The minimum absolute atomic E-state index is 0.0399. The van der Waals surface area contributed by atoms with E-state index in [-0.39, 0.29) is 12.4 Å². The summed E-state index contributed by atoms with van der Waals surface area (Å²) >= 11 is 0. The summed E-state index contributed by atoms with van der Waals surface area (Å²) in [4.78, 5) is 13.0. The van der Waals surface area contributed by atoms with Crippen molar-refractivity contribution in [1.82, 2.24) is 4.57 Å². The van der Waals surface area contributed by atoms with Gasteiger partial charge in [0.2, 0.25) is 0 Å². The molecule has 1 heterocycles. The van der Waals surface area contributed by atoms with Crippen LogP contribution in [-0.4, -0.2) is 22.1 Å². The zero-order valence-electron chi connectivity index (χ0n) is 13.5. The maximum Gasteiger partial charge on any atom is 0.195 e. The summed E-state index contributed by atoms with van der Waals surface area (Å²) in [5.41, 5.74) is 4.56. The van der Waals surface area contributed by atoms with E-state index in [4.69, 9.17) is 0 Å². The van der Waals surface area contributed by atoms with E-state index in [2.05, 4.69) is 6.92 Å². The van der Waals surface area contributed by atoms with Crippen molar-refractivity contribution < 1.29 is 9.90 Å². The van der Waals surface area contributed by atoms with Crippen LogP contribution in [0.3, 0.4) is 0 Å². The van der Waals surface area contributed by atoms with Crippen LogP contribution in [0.15, 0.2) is 48.5 Å². The summed E-state index contributed by atoms with van der Waals surface area (Å²) in [6.45, 7) is 4.60. The van der Waals surface area contributed by atoms with Gasteiger partial charge in [-0.25, -0.2) is 0 Å². The highest BCUT2D eigenvalue weighted by Gasteiger charge is 2.20. The van der Waals surface area contributed by atoms with Crippen LogP contribution in [-0.2, 0) is 13.0 Å². The number of carbonyl (C=O) groups is 1. The Morgan fingerprint density at radius 2 is 1.78 bits per heavy atom. The predicted molar refractivity (Wildman–Crippen MR) is 93.0 cm³/mol.